The Morgan fingerprint density at radius 3 is 1.63 bits per heavy atom. The molecule has 0 aliphatic heterocycles. The van der Waals surface area contributed by atoms with Crippen molar-refractivity contribution < 1.29 is 0 Å². The molecule has 0 aromatic rings. The zero-order valence-corrected chi connectivity index (χ0v) is 41.2. The van der Waals surface area contributed by atoms with Crippen molar-refractivity contribution in [2.75, 3.05) is 0 Å². The van der Waals surface area contributed by atoms with Gasteiger partial charge in [0.05, 0.1) is 0 Å². The SMILES string of the molecule is CCC1CCC(CC(C(C)C(C)C(C)C(C)C(C)C(C)C(C)C(C)CCC(C)C(C)(C)C(C)C(C)C(C)C2CCCC2(C)CC)C2(C)C(C)C2C(C)C)C1. The average Bonchev–Trinajstić information content (AvgIpc) is 3.46. The van der Waals surface area contributed by atoms with Crippen molar-refractivity contribution in [2.45, 2.75) is 216 Å². The molecule has 0 spiro atoms. The van der Waals surface area contributed by atoms with Crippen molar-refractivity contribution >= 4 is 0 Å². The fraction of sp³-hybridized carbons (Fsp3) is 1.00. The molecule has 320 valence electrons. The molecule has 0 saturated heterocycles. The van der Waals surface area contributed by atoms with Crippen LogP contribution in [-0.2, 0) is 0 Å². The summed E-state index contributed by atoms with van der Waals surface area (Å²) in [5.74, 6) is 15.6. The van der Waals surface area contributed by atoms with Crippen LogP contribution in [0.4, 0.5) is 0 Å². The zero-order chi connectivity index (χ0) is 41.2. The van der Waals surface area contributed by atoms with E-state index in [2.05, 4.69) is 145 Å². The lowest BCUT2D eigenvalue weighted by molar-refractivity contribution is 0.0266. The molecular formula is C54H104. The summed E-state index contributed by atoms with van der Waals surface area (Å²) in [5, 5.41) is 0. The standard InChI is InChI=1S/C54H104/c1-22-47-28-29-48(31-47)32-50(54(21)46(17)51(54)33(3)4)43(14)41(12)40(11)39(10)38(9)37(8)36(7)34(5)26-27-35(6)52(18,19)45(16)42(13)44(15)49-25-24-30-53(49,20)23-2/h33-51H,22-32H2,1-21H3. The second-order valence-corrected chi connectivity index (χ2v) is 24.0. The minimum absolute atomic E-state index is 0.366. The summed E-state index contributed by atoms with van der Waals surface area (Å²) in [6.07, 6.45) is 15.8. The van der Waals surface area contributed by atoms with E-state index in [0.717, 1.165) is 112 Å². The van der Waals surface area contributed by atoms with Gasteiger partial charge in [0.2, 0.25) is 0 Å². The Morgan fingerprint density at radius 1 is 0.630 bits per heavy atom. The lowest BCUT2D eigenvalue weighted by Crippen LogP contribution is -2.39. The van der Waals surface area contributed by atoms with Crippen molar-refractivity contribution in [2.24, 2.45) is 129 Å². The third-order valence-corrected chi connectivity index (χ3v) is 21.7. The minimum atomic E-state index is 0.366. The number of hydrogen-bond acceptors (Lipinski definition) is 0. The average molecular weight is 753 g/mol. The highest BCUT2D eigenvalue weighted by Gasteiger charge is 2.64. The maximum atomic E-state index is 2.73. The quantitative estimate of drug-likeness (QED) is 0.103. The van der Waals surface area contributed by atoms with Crippen LogP contribution in [0.15, 0.2) is 0 Å². The van der Waals surface area contributed by atoms with Crippen molar-refractivity contribution in [3.05, 3.63) is 0 Å². The maximum Gasteiger partial charge on any atom is -0.0233 e. The Hall–Kier alpha value is 0. The van der Waals surface area contributed by atoms with Crippen LogP contribution in [-0.4, -0.2) is 0 Å². The molecule has 3 saturated carbocycles. The Balaban J connectivity index is 1.61. The van der Waals surface area contributed by atoms with Gasteiger partial charge < -0.3 is 0 Å². The molecule has 3 rings (SSSR count). The zero-order valence-electron chi connectivity index (χ0n) is 41.2. The summed E-state index contributed by atoms with van der Waals surface area (Å²) < 4.78 is 0. The fourth-order valence-corrected chi connectivity index (χ4v) is 14.8. The van der Waals surface area contributed by atoms with Crippen LogP contribution < -0.4 is 0 Å². The highest BCUT2D eigenvalue weighted by Crippen LogP contribution is 2.69. The summed E-state index contributed by atoms with van der Waals surface area (Å²) in [4.78, 5) is 0. The molecule has 3 fully saturated rings. The Bertz CT molecular complexity index is 1100. The first-order valence-electron chi connectivity index (χ1n) is 24.9. The van der Waals surface area contributed by atoms with E-state index in [9.17, 15) is 0 Å². The van der Waals surface area contributed by atoms with Crippen molar-refractivity contribution in [1.82, 2.24) is 0 Å². The van der Waals surface area contributed by atoms with Crippen molar-refractivity contribution in [3.8, 4) is 0 Å². The first-order chi connectivity index (χ1) is 24.9. The van der Waals surface area contributed by atoms with E-state index in [4.69, 9.17) is 0 Å². The van der Waals surface area contributed by atoms with E-state index in [0.29, 0.717) is 16.2 Å². The van der Waals surface area contributed by atoms with E-state index < -0.39 is 0 Å². The third-order valence-electron chi connectivity index (χ3n) is 21.7. The van der Waals surface area contributed by atoms with Crippen LogP contribution in [0.25, 0.3) is 0 Å². The van der Waals surface area contributed by atoms with Gasteiger partial charge in [-0.25, -0.2) is 0 Å². The van der Waals surface area contributed by atoms with Crippen molar-refractivity contribution in [1.29, 1.82) is 0 Å². The molecule has 0 heteroatoms. The summed E-state index contributed by atoms with van der Waals surface area (Å²) in [5.41, 5.74) is 1.46. The normalized spacial score (nSPS) is 36.4. The predicted molar refractivity (Wildman–Crippen MR) is 244 cm³/mol. The molecule has 0 radical (unpaired) electrons. The van der Waals surface area contributed by atoms with Gasteiger partial charge in [0.1, 0.15) is 0 Å². The molecular weight excluding hydrogens is 649 g/mol. The van der Waals surface area contributed by atoms with Crippen LogP contribution in [0.2, 0.25) is 0 Å². The summed E-state index contributed by atoms with van der Waals surface area (Å²) in [6, 6.07) is 0. The summed E-state index contributed by atoms with van der Waals surface area (Å²) in [7, 11) is 0. The van der Waals surface area contributed by atoms with Crippen LogP contribution in [0.3, 0.4) is 0 Å². The number of rotatable bonds is 22. The minimum Gasteiger partial charge on any atom is -0.0651 e. The lowest BCUT2D eigenvalue weighted by atomic mass is 9.59. The first-order valence-corrected chi connectivity index (χ1v) is 24.9. The van der Waals surface area contributed by atoms with Crippen LogP contribution in [0, 0.1) is 129 Å². The molecule has 3 aliphatic rings. The van der Waals surface area contributed by atoms with Gasteiger partial charge >= 0.3 is 0 Å². The molecule has 0 N–H and O–H groups in total. The maximum absolute atomic E-state index is 2.73. The van der Waals surface area contributed by atoms with Crippen LogP contribution in [0.5, 0.6) is 0 Å². The van der Waals surface area contributed by atoms with Gasteiger partial charge in [-0.05, 0) is 161 Å². The predicted octanol–water partition coefficient (Wildman–Crippen LogP) is 17.4. The van der Waals surface area contributed by atoms with Gasteiger partial charge in [-0.1, -0.05) is 184 Å². The Kier molecular flexibility index (Phi) is 17.4. The second-order valence-electron chi connectivity index (χ2n) is 24.0. The highest BCUT2D eigenvalue weighted by molar-refractivity contribution is 5.11. The second kappa shape index (κ2) is 19.4. The molecule has 0 aromatic heterocycles. The molecule has 0 aromatic carbocycles. The number of hydrogen-bond donors (Lipinski definition) is 0. The molecule has 0 amide bonds. The van der Waals surface area contributed by atoms with Crippen LogP contribution in [0.1, 0.15) is 216 Å². The first kappa shape index (κ1) is 48.4. The molecule has 0 heterocycles. The van der Waals surface area contributed by atoms with Crippen molar-refractivity contribution in [3.63, 3.8) is 0 Å². The van der Waals surface area contributed by atoms with Gasteiger partial charge in [0.15, 0.2) is 0 Å². The van der Waals surface area contributed by atoms with Crippen LogP contribution >= 0.6 is 0 Å². The van der Waals surface area contributed by atoms with E-state index in [-0.39, 0.29) is 0 Å². The van der Waals surface area contributed by atoms with E-state index in [1.165, 1.54) is 70.6 Å². The van der Waals surface area contributed by atoms with Gasteiger partial charge in [-0.15, -0.1) is 0 Å². The van der Waals surface area contributed by atoms with Gasteiger partial charge in [0.25, 0.3) is 0 Å². The smallest absolute Gasteiger partial charge is 0.0233 e. The largest absolute Gasteiger partial charge is 0.0651 e. The van der Waals surface area contributed by atoms with Gasteiger partial charge in [0, 0.05) is 0 Å². The van der Waals surface area contributed by atoms with Gasteiger partial charge in [-0.3, -0.25) is 0 Å². The van der Waals surface area contributed by atoms with E-state index in [1.54, 1.807) is 0 Å². The molecule has 0 bridgehead atoms. The monoisotopic (exact) mass is 753 g/mol. The summed E-state index contributed by atoms with van der Waals surface area (Å²) >= 11 is 0. The molecule has 20 unspecified atom stereocenters. The Morgan fingerprint density at radius 2 is 1.15 bits per heavy atom. The highest BCUT2D eigenvalue weighted by atomic mass is 14.7. The van der Waals surface area contributed by atoms with E-state index in [1.807, 2.05) is 0 Å². The molecule has 3 aliphatic carbocycles. The molecule has 54 heavy (non-hydrogen) atoms. The molecule has 20 atom stereocenters. The lowest BCUT2D eigenvalue weighted by Gasteiger charge is -2.46. The third kappa shape index (κ3) is 10.1. The van der Waals surface area contributed by atoms with E-state index >= 15 is 0 Å². The van der Waals surface area contributed by atoms with Gasteiger partial charge in [-0.2, -0.15) is 0 Å². The Labute approximate surface area is 343 Å². The topological polar surface area (TPSA) is 0 Å². The fourth-order valence-electron chi connectivity index (χ4n) is 14.8. The molecule has 0 nitrogen and oxygen atoms in total. The summed E-state index contributed by atoms with van der Waals surface area (Å²) in [6.45, 7) is 54.7.